The summed E-state index contributed by atoms with van der Waals surface area (Å²) in [6, 6.07) is 2.02. The van der Waals surface area contributed by atoms with E-state index in [-0.39, 0.29) is 0 Å². The highest BCUT2D eigenvalue weighted by Crippen LogP contribution is 2.33. The summed E-state index contributed by atoms with van der Waals surface area (Å²) in [6.07, 6.45) is 0. The molecule has 0 aromatic heterocycles. The lowest BCUT2D eigenvalue weighted by atomic mass is 10.0. The molecule has 0 bridgehead atoms. The Morgan fingerprint density at radius 3 is 2.29 bits per heavy atom. The van der Waals surface area contributed by atoms with E-state index in [0.717, 1.165) is 34.7 Å². The van der Waals surface area contributed by atoms with Crippen molar-refractivity contribution in [2.75, 3.05) is 27.9 Å². The molecule has 0 fully saturated rings. The summed E-state index contributed by atoms with van der Waals surface area (Å²) in [6.45, 7) is 5.34. The number of hydrogen-bond donors (Lipinski definition) is 1. The Kier molecular flexibility index (Phi) is 4.78. The first-order chi connectivity index (χ1) is 8.04. The summed E-state index contributed by atoms with van der Waals surface area (Å²) in [4.78, 5) is 2.02. The highest BCUT2D eigenvalue weighted by atomic mass is 16.5. The first kappa shape index (κ1) is 13.8. The van der Waals surface area contributed by atoms with Crippen molar-refractivity contribution >= 4 is 0 Å². The number of ether oxygens (including phenoxy) is 2. The smallest absolute Gasteiger partial charge is 0.126 e. The summed E-state index contributed by atoms with van der Waals surface area (Å²) < 4.78 is 10.9. The van der Waals surface area contributed by atoms with Gasteiger partial charge in [-0.1, -0.05) is 0 Å². The highest BCUT2D eigenvalue weighted by molar-refractivity contribution is 5.52. The molecule has 4 nitrogen and oxygen atoms in total. The third kappa shape index (κ3) is 2.90. The minimum atomic E-state index is 0.512. The molecule has 0 atom stereocenters. The molecule has 0 unspecified atom stereocenters. The van der Waals surface area contributed by atoms with Crippen molar-refractivity contribution in [2.45, 2.75) is 20.4 Å². The molecular formula is C13H22N2O2. The van der Waals surface area contributed by atoms with Crippen LogP contribution in [0.25, 0.3) is 0 Å². The van der Waals surface area contributed by atoms with E-state index in [0.29, 0.717) is 6.67 Å². The molecule has 0 amide bonds. The minimum absolute atomic E-state index is 0.512. The van der Waals surface area contributed by atoms with E-state index in [1.807, 2.05) is 31.9 Å². The lowest BCUT2D eigenvalue weighted by Crippen LogP contribution is -2.25. The molecule has 0 spiro atoms. The predicted molar refractivity (Wildman–Crippen MR) is 69.5 cm³/mol. The lowest BCUT2D eigenvalue weighted by Gasteiger charge is -2.20. The van der Waals surface area contributed by atoms with Crippen LogP contribution in [0.5, 0.6) is 11.5 Å². The molecule has 0 saturated carbocycles. The van der Waals surface area contributed by atoms with E-state index in [9.17, 15) is 0 Å². The fourth-order valence-electron chi connectivity index (χ4n) is 1.90. The molecule has 1 aromatic carbocycles. The van der Waals surface area contributed by atoms with Gasteiger partial charge in [-0.15, -0.1) is 0 Å². The molecule has 0 radical (unpaired) electrons. The molecule has 96 valence electrons. The van der Waals surface area contributed by atoms with Crippen molar-refractivity contribution in [3.8, 4) is 11.5 Å². The maximum atomic E-state index is 5.60. The van der Waals surface area contributed by atoms with Crippen LogP contribution in [0.4, 0.5) is 0 Å². The third-order valence-corrected chi connectivity index (χ3v) is 3.05. The zero-order valence-electron chi connectivity index (χ0n) is 11.3. The van der Waals surface area contributed by atoms with Crippen molar-refractivity contribution in [2.24, 2.45) is 5.73 Å². The van der Waals surface area contributed by atoms with Crippen LogP contribution in [-0.4, -0.2) is 32.8 Å². The lowest BCUT2D eigenvalue weighted by molar-refractivity contribution is 0.323. The van der Waals surface area contributed by atoms with E-state index in [2.05, 4.69) is 0 Å². The number of rotatable bonds is 5. The van der Waals surface area contributed by atoms with Crippen LogP contribution in [0, 0.1) is 13.8 Å². The SMILES string of the molecule is COc1cc(CN(C)CN)c(OC)c(C)c1C. The fraction of sp³-hybridized carbons (Fsp3) is 0.538. The summed E-state index contributed by atoms with van der Waals surface area (Å²) in [5.41, 5.74) is 8.93. The molecule has 17 heavy (non-hydrogen) atoms. The zero-order chi connectivity index (χ0) is 13.0. The number of hydrogen-bond acceptors (Lipinski definition) is 4. The average Bonchev–Trinajstić information content (AvgIpc) is 2.33. The maximum absolute atomic E-state index is 5.60. The molecule has 1 rings (SSSR count). The van der Waals surface area contributed by atoms with E-state index in [1.165, 1.54) is 0 Å². The first-order valence-corrected chi connectivity index (χ1v) is 5.64. The van der Waals surface area contributed by atoms with Crippen LogP contribution < -0.4 is 15.2 Å². The Morgan fingerprint density at radius 2 is 1.82 bits per heavy atom. The van der Waals surface area contributed by atoms with E-state index >= 15 is 0 Å². The minimum Gasteiger partial charge on any atom is -0.496 e. The Morgan fingerprint density at radius 1 is 1.18 bits per heavy atom. The second-order valence-corrected chi connectivity index (χ2v) is 4.22. The number of nitrogens with zero attached hydrogens (tertiary/aromatic N) is 1. The van der Waals surface area contributed by atoms with Gasteiger partial charge in [-0.25, -0.2) is 0 Å². The number of benzene rings is 1. The molecule has 0 saturated heterocycles. The van der Waals surface area contributed by atoms with Crippen LogP contribution in [0.3, 0.4) is 0 Å². The van der Waals surface area contributed by atoms with Gasteiger partial charge in [0.2, 0.25) is 0 Å². The molecular weight excluding hydrogens is 216 g/mol. The van der Waals surface area contributed by atoms with Crippen LogP contribution >= 0.6 is 0 Å². The monoisotopic (exact) mass is 238 g/mol. The summed E-state index contributed by atoms with van der Waals surface area (Å²) in [7, 11) is 5.35. The van der Waals surface area contributed by atoms with Crippen molar-refractivity contribution in [1.29, 1.82) is 0 Å². The van der Waals surface area contributed by atoms with Gasteiger partial charge in [-0.3, -0.25) is 4.90 Å². The maximum Gasteiger partial charge on any atom is 0.126 e. The van der Waals surface area contributed by atoms with Gasteiger partial charge < -0.3 is 15.2 Å². The van der Waals surface area contributed by atoms with Gasteiger partial charge in [0.15, 0.2) is 0 Å². The highest BCUT2D eigenvalue weighted by Gasteiger charge is 2.14. The van der Waals surface area contributed by atoms with Crippen molar-refractivity contribution in [1.82, 2.24) is 4.90 Å². The molecule has 0 aliphatic heterocycles. The molecule has 4 heteroatoms. The van der Waals surface area contributed by atoms with Crippen LogP contribution in [0.1, 0.15) is 16.7 Å². The predicted octanol–water partition coefficient (Wildman–Crippen LogP) is 1.67. The normalized spacial score (nSPS) is 10.8. The summed E-state index contributed by atoms with van der Waals surface area (Å²) >= 11 is 0. The second kappa shape index (κ2) is 5.89. The molecule has 0 aliphatic rings. The topological polar surface area (TPSA) is 47.7 Å². The van der Waals surface area contributed by atoms with Gasteiger partial charge in [0, 0.05) is 18.8 Å². The molecule has 1 aromatic rings. The van der Waals surface area contributed by atoms with Crippen molar-refractivity contribution < 1.29 is 9.47 Å². The zero-order valence-corrected chi connectivity index (χ0v) is 11.3. The van der Waals surface area contributed by atoms with Crippen molar-refractivity contribution in [3.05, 3.63) is 22.8 Å². The average molecular weight is 238 g/mol. The standard InChI is InChI=1S/C13H22N2O2/c1-9-10(2)13(17-5)11(6-12(9)16-4)7-15(3)8-14/h6H,7-8,14H2,1-5H3. The summed E-state index contributed by atoms with van der Waals surface area (Å²) in [5.74, 6) is 1.81. The second-order valence-electron chi connectivity index (χ2n) is 4.22. The largest absolute Gasteiger partial charge is 0.496 e. The third-order valence-electron chi connectivity index (χ3n) is 3.05. The molecule has 0 heterocycles. The van der Waals surface area contributed by atoms with Crippen LogP contribution in [0.15, 0.2) is 6.07 Å². The Labute approximate surface area is 103 Å². The van der Waals surface area contributed by atoms with E-state index < -0.39 is 0 Å². The number of methoxy groups -OCH3 is 2. The van der Waals surface area contributed by atoms with Gasteiger partial charge in [0.05, 0.1) is 14.2 Å². The van der Waals surface area contributed by atoms with Gasteiger partial charge in [-0.05, 0) is 38.1 Å². The Hall–Kier alpha value is -1.26. The van der Waals surface area contributed by atoms with Crippen molar-refractivity contribution in [3.63, 3.8) is 0 Å². The fourth-order valence-corrected chi connectivity index (χ4v) is 1.90. The van der Waals surface area contributed by atoms with Gasteiger partial charge in [0.1, 0.15) is 11.5 Å². The van der Waals surface area contributed by atoms with Gasteiger partial charge >= 0.3 is 0 Å². The molecule has 2 N–H and O–H groups in total. The Balaban J connectivity index is 3.22. The van der Waals surface area contributed by atoms with Gasteiger partial charge in [0.25, 0.3) is 0 Å². The van der Waals surface area contributed by atoms with E-state index in [4.69, 9.17) is 15.2 Å². The van der Waals surface area contributed by atoms with E-state index in [1.54, 1.807) is 14.2 Å². The molecule has 0 aliphatic carbocycles. The first-order valence-electron chi connectivity index (χ1n) is 5.64. The van der Waals surface area contributed by atoms with Crippen LogP contribution in [-0.2, 0) is 6.54 Å². The Bertz CT molecular complexity index is 391. The van der Waals surface area contributed by atoms with Gasteiger partial charge in [-0.2, -0.15) is 0 Å². The number of nitrogens with two attached hydrogens (primary N) is 1. The quantitative estimate of drug-likeness (QED) is 0.793. The van der Waals surface area contributed by atoms with Crippen LogP contribution in [0.2, 0.25) is 0 Å². The summed E-state index contributed by atoms with van der Waals surface area (Å²) in [5, 5.41) is 0.